The van der Waals surface area contributed by atoms with Gasteiger partial charge >= 0.3 is 0 Å². The number of hydrogen-bond acceptors (Lipinski definition) is 2. The molecule has 1 aromatic carbocycles. The summed E-state index contributed by atoms with van der Waals surface area (Å²) in [5.41, 5.74) is 8.12. The van der Waals surface area contributed by atoms with Crippen LogP contribution in [0.1, 0.15) is 25.1 Å². The largest absolute Gasteiger partial charge is 0.366 e. The highest BCUT2D eigenvalue weighted by Crippen LogP contribution is 2.17. The monoisotopic (exact) mass is 254 g/mol. The van der Waals surface area contributed by atoms with Crippen molar-refractivity contribution in [2.75, 3.05) is 0 Å². The van der Waals surface area contributed by atoms with Crippen LogP contribution in [0.5, 0.6) is 0 Å². The van der Waals surface area contributed by atoms with Crippen LogP contribution in [0.2, 0.25) is 0 Å². The van der Waals surface area contributed by atoms with Gasteiger partial charge in [-0.25, -0.2) is 0 Å². The molecule has 2 N–H and O–H groups in total. The topological polar surface area (TPSA) is 56.0 Å². The number of aromatic nitrogens is 1. The summed E-state index contributed by atoms with van der Waals surface area (Å²) in [4.78, 5) is 15.3. The smallest absolute Gasteiger partial charge is 0.241 e. The third kappa shape index (κ3) is 3.65. The number of amides is 1. The van der Waals surface area contributed by atoms with E-state index < -0.39 is 5.91 Å². The number of nitrogens with zero attached hydrogens (tertiary/aromatic N) is 1. The quantitative estimate of drug-likeness (QED) is 0.853. The number of carbonyl (C=O) groups excluding carboxylic acids is 1. The summed E-state index contributed by atoms with van der Waals surface area (Å²) in [6.07, 6.45) is 4.06. The van der Waals surface area contributed by atoms with Gasteiger partial charge in [-0.3, -0.25) is 9.78 Å². The summed E-state index contributed by atoms with van der Waals surface area (Å²) in [7, 11) is 0. The average molecular weight is 254 g/mol. The number of primary amides is 1. The molecule has 0 atom stereocenters. The van der Waals surface area contributed by atoms with Crippen molar-refractivity contribution in [1.29, 1.82) is 0 Å². The second-order valence-electron chi connectivity index (χ2n) is 5.09. The van der Waals surface area contributed by atoms with E-state index in [9.17, 15) is 4.79 Å². The van der Waals surface area contributed by atoms with Gasteiger partial charge in [0.15, 0.2) is 0 Å². The molecule has 0 spiro atoms. The maximum Gasteiger partial charge on any atom is 0.241 e. The van der Waals surface area contributed by atoms with Crippen LogP contribution < -0.4 is 5.73 Å². The Morgan fingerprint density at radius 3 is 2.79 bits per heavy atom. The fourth-order valence-electron chi connectivity index (χ4n) is 2.00. The van der Waals surface area contributed by atoms with E-state index in [1.165, 1.54) is 6.08 Å². The Balaban J connectivity index is 2.32. The number of hydrogen-bond donors (Lipinski definition) is 1. The molecule has 1 heterocycles. The lowest BCUT2D eigenvalue weighted by Gasteiger charge is -2.06. The third-order valence-corrected chi connectivity index (χ3v) is 2.83. The van der Waals surface area contributed by atoms with E-state index in [0.717, 1.165) is 28.6 Å². The summed E-state index contributed by atoms with van der Waals surface area (Å²) >= 11 is 0. The Kier molecular flexibility index (Phi) is 3.95. The van der Waals surface area contributed by atoms with E-state index in [4.69, 9.17) is 5.73 Å². The highest BCUT2D eigenvalue weighted by molar-refractivity contribution is 5.91. The minimum atomic E-state index is -0.439. The van der Waals surface area contributed by atoms with E-state index >= 15 is 0 Å². The number of nitrogens with two attached hydrogens (primary N) is 1. The van der Waals surface area contributed by atoms with Crippen LogP contribution in [0.4, 0.5) is 0 Å². The lowest BCUT2D eigenvalue weighted by atomic mass is 10.1. The molecule has 98 valence electrons. The minimum Gasteiger partial charge on any atom is -0.366 e. The first-order valence-corrected chi connectivity index (χ1v) is 6.42. The summed E-state index contributed by atoms with van der Waals surface area (Å²) in [6, 6.07) is 10.0. The Labute approximate surface area is 113 Å². The summed E-state index contributed by atoms with van der Waals surface area (Å²) in [6.45, 7) is 4.37. The second kappa shape index (κ2) is 5.65. The third-order valence-electron chi connectivity index (χ3n) is 2.83. The first kappa shape index (κ1) is 13.3. The number of rotatable bonds is 4. The number of pyridine rings is 1. The van der Waals surface area contributed by atoms with E-state index in [0.29, 0.717) is 5.92 Å². The molecule has 0 aliphatic heterocycles. The maximum atomic E-state index is 10.7. The van der Waals surface area contributed by atoms with Gasteiger partial charge in [0.2, 0.25) is 5.91 Å². The average Bonchev–Trinajstić information content (AvgIpc) is 2.35. The van der Waals surface area contributed by atoms with E-state index in [-0.39, 0.29) is 0 Å². The molecule has 1 amide bonds. The molecule has 1 aromatic heterocycles. The van der Waals surface area contributed by atoms with Crippen molar-refractivity contribution in [2.24, 2.45) is 11.7 Å². The van der Waals surface area contributed by atoms with Gasteiger partial charge in [0.1, 0.15) is 0 Å². The van der Waals surface area contributed by atoms with E-state index in [1.807, 2.05) is 18.2 Å². The zero-order valence-electron chi connectivity index (χ0n) is 11.3. The first-order chi connectivity index (χ1) is 9.04. The van der Waals surface area contributed by atoms with Gasteiger partial charge in [0.05, 0.1) is 5.52 Å². The van der Waals surface area contributed by atoms with Crippen LogP contribution in [0.25, 0.3) is 17.0 Å². The van der Waals surface area contributed by atoms with Crippen molar-refractivity contribution in [3.63, 3.8) is 0 Å². The van der Waals surface area contributed by atoms with Crippen molar-refractivity contribution in [2.45, 2.75) is 20.3 Å². The molecule has 0 aliphatic rings. The predicted octanol–water partition coefficient (Wildman–Crippen LogP) is 2.93. The van der Waals surface area contributed by atoms with Gasteiger partial charge in [-0.1, -0.05) is 26.0 Å². The SMILES string of the molecule is CC(C)Cc1ccc2cc(/C=C/C(N)=O)ccc2n1. The molecule has 0 saturated carbocycles. The van der Waals surface area contributed by atoms with Gasteiger partial charge < -0.3 is 5.73 Å². The molecular formula is C16H18N2O. The van der Waals surface area contributed by atoms with Crippen LogP contribution in [0.15, 0.2) is 36.4 Å². The number of fused-ring (bicyclic) bond motifs is 1. The Morgan fingerprint density at radius 1 is 1.32 bits per heavy atom. The fraction of sp³-hybridized carbons (Fsp3) is 0.250. The summed E-state index contributed by atoms with van der Waals surface area (Å²) in [5, 5.41) is 1.07. The second-order valence-corrected chi connectivity index (χ2v) is 5.09. The fourth-order valence-corrected chi connectivity index (χ4v) is 2.00. The van der Waals surface area contributed by atoms with Crippen molar-refractivity contribution in [3.8, 4) is 0 Å². The van der Waals surface area contributed by atoms with E-state index in [2.05, 4.69) is 31.0 Å². The molecule has 2 rings (SSSR count). The van der Waals surface area contributed by atoms with Crippen LogP contribution >= 0.6 is 0 Å². The molecular weight excluding hydrogens is 236 g/mol. The molecule has 0 saturated heterocycles. The molecule has 19 heavy (non-hydrogen) atoms. The molecule has 0 unspecified atom stereocenters. The molecule has 0 aliphatic carbocycles. The Bertz CT molecular complexity index is 630. The Morgan fingerprint density at radius 2 is 2.11 bits per heavy atom. The van der Waals surface area contributed by atoms with Crippen LogP contribution in [0, 0.1) is 5.92 Å². The molecule has 0 radical (unpaired) electrons. The lowest BCUT2D eigenvalue weighted by molar-refractivity contribution is -0.113. The van der Waals surface area contributed by atoms with Gasteiger partial charge in [0.25, 0.3) is 0 Å². The molecule has 2 aromatic rings. The van der Waals surface area contributed by atoms with Crippen molar-refractivity contribution in [1.82, 2.24) is 4.98 Å². The van der Waals surface area contributed by atoms with Gasteiger partial charge in [-0.2, -0.15) is 0 Å². The number of benzene rings is 1. The van der Waals surface area contributed by atoms with Crippen molar-refractivity contribution in [3.05, 3.63) is 47.7 Å². The van der Waals surface area contributed by atoms with Gasteiger partial charge in [-0.15, -0.1) is 0 Å². The normalized spacial score (nSPS) is 11.5. The number of carbonyl (C=O) groups is 1. The standard InChI is InChI=1S/C16H18N2O/c1-11(2)9-14-6-5-13-10-12(4-8-16(17)19)3-7-15(13)18-14/h3-8,10-11H,9H2,1-2H3,(H2,17,19)/b8-4+. The maximum absolute atomic E-state index is 10.7. The summed E-state index contributed by atoms with van der Waals surface area (Å²) in [5.74, 6) is 0.160. The predicted molar refractivity (Wildman–Crippen MR) is 78.5 cm³/mol. The zero-order valence-corrected chi connectivity index (χ0v) is 11.3. The highest BCUT2D eigenvalue weighted by atomic mass is 16.1. The molecule has 3 heteroatoms. The first-order valence-electron chi connectivity index (χ1n) is 6.42. The molecule has 0 fully saturated rings. The van der Waals surface area contributed by atoms with Gasteiger partial charge in [0, 0.05) is 17.2 Å². The molecule has 0 bridgehead atoms. The summed E-state index contributed by atoms with van der Waals surface area (Å²) < 4.78 is 0. The van der Waals surface area contributed by atoms with Crippen LogP contribution in [-0.4, -0.2) is 10.9 Å². The lowest BCUT2D eigenvalue weighted by Crippen LogP contribution is -2.05. The van der Waals surface area contributed by atoms with Crippen molar-refractivity contribution < 1.29 is 4.79 Å². The van der Waals surface area contributed by atoms with Crippen LogP contribution in [-0.2, 0) is 11.2 Å². The van der Waals surface area contributed by atoms with Crippen LogP contribution in [0.3, 0.4) is 0 Å². The molecule has 3 nitrogen and oxygen atoms in total. The van der Waals surface area contributed by atoms with E-state index in [1.54, 1.807) is 6.08 Å². The highest BCUT2D eigenvalue weighted by Gasteiger charge is 2.02. The minimum absolute atomic E-state index is 0.439. The van der Waals surface area contributed by atoms with Gasteiger partial charge in [-0.05, 0) is 42.2 Å². The Hall–Kier alpha value is -2.16. The zero-order chi connectivity index (χ0) is 13.8. The van der Waals surface area contributed by atoms with Crippen molar-refractivity contribution >= 4 is 22.9 Å².